The number of amides is 1. The second kappa shape index (κ2) is 7.99. The van der Waals surface area contributed by atoms with Crippen molar-refractivity contribution in [2.75, 3.05) is 10.6 Å². The van der Waals surface area contributed by atoms with Crippen LogP contribution in [0.5, 0.6) is 0 Å². The number of benzene rings is 2. The van der Waals surface area contributed by atoms with Gasteiger partial charge in [0, 0.05) is 11.7 Å². The maximum atomic E-state index is 12.5. The van der Waals surface area contributed by atoms with Gasteiger partial charge in [-0.1, -0.05) is 48.0 Å². The highest BCUT2D eigenvalue weighted by molar-refractivity contribution is 6.03. The number of aryl methyl sites for hydroxylation is 3. The first kappa shape index (κ1) is 18.6. The maximum Gasteiger partial charge on any atom is 0.275 e. The molecule has 1 atom stereocenters. The Kier molecular flexibility index (Phi) is 5.50. The van der Waals surface area contributed by atoms with Crippen molar-refractivity contribution in [3.05, 3.63) is 82.8 Å². The largest absolute Gasteiger partial charge is 0.362 e. The van der Waals surface area contributed by atoms with Crippen molar-refractivity contribution in [3.8, 4) is 0 Å². The lowest BCUT2D eigenvalue weighted by Crippen LogP contribution is -2.16. The quantitative estimate of drug-likeness (QED) is 0.684. The number of hydrogen-bond donors (Lipinski definition) is 2. The first-order valence-corrected chi connectivity index (χ1v) is 8.97. The number of anilines is 2. The summed E-state index contributed by atoms with van der Waals surface area (Å²) in [6, 6.07) is 14.3. The standard InChI is InChI=1S/C22H24N4O/c1-14-10-15(2)21(16(3)11-14)26-22(27)19-12-24-20(13-23-19)25-17(4)18-8-6-5-7-9-18/h5-13,17H,1-4H3,(H,24,25)(H,26,27). The second-order valence-corrected chi connectivity index (χ2v) is 6.79. The van der Waals surface area contributed by atoms with E-state index in [2.05, 4.69) is 39.7 Å². The fourth-order valence-corrected chi connectivity index (χ4v) is 3.12. The average Bonchev–Trinajstić information content (AvgIpc) is 2.65. The van der Waals surface area contributed by atoms with Crippen LogP contribution in [0.1, 0.15) is 45.7 Å². The molecule has 0 saturated carbocycles. The third-order valence-electron chi connectivity index (χ3n) is 4.46. The van der Waals surface area contributed by atoms with Gasteiger partial charge >= 0.3 is 0 Å². The van der Waals surface area contributed by atoms with Crippen LogP contribution < -0.4 is 10.6 Å². The van der Waals surface area contributed by atoms with E-state index in [9.17, 15) is 4.79 Å². The van der Waals surface area contributed by atoms with Crippen molar-refractivity contribution >= 4 is 17.4 Å². The summed E-state index contributed by atoms with van der Waals surface area (Å²) in [7, 11) is 0. The molecule has 0 aliphatic carbocycles. The Bertz CT molecular complexity index is 913. The molecule has 0 spiro atoms. The average molecular weight is 360 g/mol. The van der Waals surface area contributed by atoms with Crippen molar-refractivity contribution in [1.29, 1.82) is 0 Å². The van der Waals surface area contributed by atoms with Crippen LogP contribution in [0.2, 0.25) is 0 Å². The number of nitrogens with zero attached hydrogens (tertiary/aromatic N) is 2. The Morgan fingerprint density at radius 3 is 2.22 bits per heavy atom. The lowest BCUT2D eigenvalue weighted by atomic mass is 10.1. The number of carbonyl (C=O) groups excluding carboxylic acids is 1. The minimum Gasteiger partial charge on any atom is -0.362 e. The number of rotatable bonds is 5. The van der Waals surface area contributed by atoms with Gasteiger partial charge in [0.15, 0.2) is 0 Å². The molecule has 3 aromatic rings. The summed E-state index contributed by atoms with van der Waals surface area (Å²) in [4.78, 5) is 21.1. The first-order valence-electron chi connectivity index (χ1n) is 8.97. The predicted octanol–water partition coefficient (Wildman–Crippen LogP) is 4.83. The highest BCUT2D eigenvalue weighted by atomic mass is 16.1. The third-order valence-corrected chi connectivity index (χ3v) is 4.46. The molecule has 0 aliphatic rings. The predicted molar refractivity (Wildman–Crippen MR) is 109 cm³/mol. The number of hydrogen-bond acceptors (Lipinski definition) is 4. The molecule has 0 fully saturated rings. The van der Waals surface area contributed by atoms with E-state index in [0.717, 1.165) is 22.4 Å². The molecule has 1 aromatic heterocycles. The monoisotopic (exact) mass is 360 g/mol. The van der Waals surface area contributed by atoms with Gasteiger partial charge < -0.3 is 10.6 Å². The summed E-state index contributed by atoms with van der Waals surface area (Å²) in [6.45, 7) is 8.07. The molecule has 1 amide bonds. The molecule has 27 heavy (non-hydrogen) atoms. The van der Waals surface area contributed by atoms with E-state index in [0.29, 0.717) is 5.82 Å². The fourth-order valence-electron chi connectivity index (χ4n) is 3.12. The summed E-state index contributed by atoms with van der Waals surface area (Å²) >= 11 is 0. The summed E-state index contributed by atoms with van der Waals surface area (Å²) in [6.07, 6.45) is 3.08. The van der Waals surface area contributed by atoms with Crippen LogP contribution in [0.25, 0.3) is 0 Å². The van der Waals surface area contributed by atoms with Crippen LogP contribution in [0.15, 0.2) is 54.9 Å². The Morgan fingerprint density at radius 2 is 1.63 bits per heavy atom. The smallest absolute Gasteiger partial charge is 0.275 e. The van der Waals surface area contributed by atoms with Crippen molar-refractivity contribution in [2.45, 2.75) is 33.7 Å². The molecule has 1 unspecified atom stereocenters. The first-order chi connectivity index (χ1) is 12.9. The Hall–Kier alpha value is -3.21. The van der Waals surface area contributed by atoms with Crippen molar-refractivity contribution in [3.63, 3.8) is 0 Å². The molecule has 2 N–H and O–H groups in total. The van der Waals surface area contributed by atoms with Crippen molar-refractivity contribution in [2.24, 2.45) is 0 Å². The Balaban J connectivity index is 1.69. The summed E-state index contributed by atoms with van der Waals surface area (Å²) < 4.78 is 0. The van der Waals surface area contributed by atoms with Crippen LogP contribution in [0.4, 0.5) is 11.5 Å². The maximum absolute atomic E-state index is 12.5. The van der Waals surface area contributed by atoms with Gasteiger partial charge in [-0.25, -0.2) is 9.97 Å². The van der Waals surface area contributed by atoms with Crippen LogP contribution in [-0.2, 0) is 0 Å². The normalized spacial score (nSPS) is 11.7. The molecule has 0 radical (unpaired) electrons. The molecular weight excluding hydrogens is 336 g/mol. The minimum atomic E-state index is -0.264. The fraction of sp³-hybridized carbons (Fsp3) is 0.227. The molecule has 5 nitrogen and oxygen atoms in total. The zero-order valence-corrected chi connectivity index (χ0v) is 16.1. The molecule has 0 saturated heterocycles. The van der Waals surface area contributed by atoms with E-state index in [1.54, 1.807) is 6.20 Å². The SMILES string of the molecule is Cc1cc(C)c(NC(=O)c2cnc(NC(C)c3ccccc3)cn2)c(C)c1. The molecule has 2 aromatic carbocycles. The van der Waals surface area contributed by atoms with E-state index in [4.69, 9.17) is 0 Å². The number of nitrogens with one attached hydrogen (secondary N) is 2. The summed E-state index contributed by atoms with van der Waals surface area (Å²) in [5.41, 5.74) is 5.50. The van der Waals surface area contributed by atoms with Crippen LogP contribution in [-0.4, -0.2) is 15.9 Å². The van der Waals surface area contributed by atoms with E-state index >= 15 is 0 Å². The summed E-state index contributed by atoms with van der Waals surface area (Å²) in [5, 5.41) is 6.24. The van der Waals surface area contributed by atoms with Gasteiger partial charge in [0.2, 0.25) is 0 Å². The topological polar surface area (TPSA) is 66.9 Å². The van der Waals surface area contributed by atoms with Gasteiger partial charge in [-0.3, -0.25) is 4.79 Å². The lowest BCUT2D eigenvalue weighted by Gasteiger charge is -2.15. The van der Waals surface area contributed by atoms with Gasteiger partial charge in [-0.15, -0.1) is 0 Å². The molecule has 138 valence electrons. The van der Waals surface area contributed by atoms with Crippen molar-refractivity contribution in [1.82, 2.24) is 9.97 Å². The van der Waals surface area contributed by atoms with Crippen molar-refractivity contribution < 1.29 is 4.79 Å². The van der Waals surface area contributed by atoms with Gasteiger partial charge in [-0.2, -0.15) is 0 Å². The zero-order chi connectivity index (χ0) is 19.4. The molecule has 0 aliphatic heterocycles. The molecule has 1 heterocycles. The second-order valence-electron chi connectivity index (χ2n) is 6.79. The number of aromatic nitrogens is 2. The Labute approximate surface area is 159 Å². The highest BCUT2D eigenvalue weighted by Crippen LogP contribution is 2.22. The highest BCUT2D eigenvalue weighted by Gasteiger charge is 2.13. The summed E-state index contributed by atoms with van der Waals surface area (Å²) in [5.74, 6) is 0.366. The van der Waals surface area contributed by atoms with Gasteiger partial charge in [0.25, 0.3) is 5.91 Å². The lowest BCUT2D eigenvalue weighted by molar-refractivity contribution is 0.102. The van der Waals surface area contributed by atoms with E-state index in [1.165, 1.54) is 11.8 Å². The Morgan fingerprint density at radius 1 is 0.963 bits per heavy atom. The molecule has 3 rings (SSSR count). The van der Waals surface area contributed by atoms with E-state index in [-0.39, 0.29) is 17.6 Å². The molecule has 5 heteroatoms. The van der Waals surface area contributed by atoms with Gasteiger partial charge in [0.1, 0.15) is 11.5 Å². The van der Waals surface area contributed by atoms with Crippen LogP contribution in [0.3, 0.4) is 0 Å². The minimum absolute atomic E-state index is 0.0954. The third kappa shape index (κ3) is 4.50. The zero-order valence-electron chi connectivity index (χ0n) is 16.1. The van der Waals surface area contributed by atoms with Crippen LogP contribution >= 0.6 is 0 Å². The molecular formula is C22H24N4O. The van der Waals surface area contributed by atoms with E-state index in [1.807, 2.05) is 51.1 Å². The van der Waals surface area contributed by atoms with Gasteiger partial charge in [0.05, 0.1) is 12.4 Å². The number of carbonyl (C=O) groups is 1. The molecule has 0 bridgehead atoms. The van der Waals surface area contributed by atoms with Gasteiger partial charge in [-0.05, 0) is 44.4 Å². The van der Waals surface area contributed by atoms with Crippen LogP contribution in [0, 0.1) is 20.8 Å². The van der Waals surface area contributed by atoms with E-state index < -0.39 is 0 Å².